The lowest BCUT2D eigenvalue weighted by molar-refractivity contribution is -0.145. The highest BCUT2D eigenvalue weighted by molar-refractivity contribution is 5.69. The van der Waals surface area contributed by atoms with Gasteiger partial charge in [0.2, 0.25) is 0 Å². The Hall–Kier alpha value is -1.14. The molecule has 0 aromatic rings. The van der Waals surface area contributed by atoms with Gasteiger partial charge in [0.1, 0.15) is 25.4 Å². The zero-order valence-corrected chi connectivity index (χ0v) is 32.9. The molecule has 0 radical (unpaired) electrons. The minimum Gasteiger partial charge on any atom is -0.463 e. The lowest BCUT2D eigenvalue weighted by Gasteiger charge is -2.44. The summed E-state index contributed by atoms with van der Waals surface area (Å²) in [5.74, 6) is 6.49. The van der Waals surface area contributed by atoms with Crippen LogP contribution in [0.15, 0.2) is 0 Å². The summed E-state index contributed by atoms with van der Waals surface area (Å²) in [6, 6.07) is 0. The second kappa shape index (κ2) is 24.2. The highest BCUT2D eigenvalue weighted by Gasteiger charge is 2.56. The Morgan fingerprint density at radius 2 is 0.960 bits per heavy atom. The Bertz CT molecular complexity index is 914. The molecule has 2 aliphatic carbocycles. The zero-order valence-electron chi connectivity index (χ0n) is 32.9. The predicted molar refractivity (Wildman–Crippen MR) is 203 cm³/mol. The van der Waals surface area contributed by atoms with Crippen molar-refractivity contribution in [2.45, 2.75) is 200 Å². The summed E-state index contributed by atoms with van der Waals surface area (Å²) in [7, 11) is 0. The van der Waals surface area contributed by atoms with Crippen molar-refractivity contribution in [3.05, 3.63) is 0 Å². The van der Waals surface area contributed by atoms with Crippen LogP contribution in [0.1, 0.15) is 188 Å². The lowest BCUT2D eigenvalue weighted by atomic mass is 9.61. The fourth-order valence-corrected chi connectivity index (χ4v) is 9.58. The number of epoxide rings is 2. The Labute approximate surface area is 307 Å². The molecular formula is C44H78O6. The number of hydrogen-bond donors (Lipinski definition) is 0. The van der Waals surface area contributed by atoms with E-state index in [4.69, 9.17) is 18.9 Å². The van der Waals surface area contributed by atoms with Crippen LogP contribution in [0, 0.1) is 41.4 Å². The van der Waals surface area contributed by atoms with Crippen molar-refractivity contribution in [2.24, 2.45) is 41.4 Å². The molecule has 9 unspecified atom stereocenters. The van der Waals surface area contributed by atoms with Crippen molar-refractivity contribution >= 4 is 11.9 Å². The molecule has 2 heterocycles. The third kappa shape index (κ3) is 16.7. The molecule has 0 amide bonds. The molecule has 2 saturated carbocycles. The number of hydrogen-bond acceptors (Lipinski definition) is 6. The zero-order chi connectivity index (χ0) is 35.4. The minimum absolute atomic E-state index is 0.0526. The molecular weight excluding hydrogens is 624 g/mol. The number of esters is 2. The van der Waals surface area contributed by atoms with Gasteiger partial charge in [-0.2, -0.15) is 0 Å². The molecule has 6 heteroatoms. The van der Waals surface area contributed by atoms with Gasteiger partial charge in [-0.1, -0.05) is 130 Å². The Kier molecular flexibility index (Phi) is 20.2. The standard InChI is InChI=1S/C44H78O6/c1-4-6-8-16-23-39-40(28-27-34(3)21-15-7-5-2)37(22-17-11-9-13-19-25-43(45)49-32-35-30-47-35)38(41-29-42(39)41)24-18-12-10-14-20-26-44(46)50-33-36-31-48-36/h34-42H,4-33H2,1-3H3. The van der Waals surface area contributed by atoms with E-state index in [2.05, 4.69) is 20.8 Å². The van der Waals surface area contributed by atoms with Crippen LogP contribution >= 0.6 is 0 Å². The maximum atomic E-state index is 12.0. The Balaban J connectivity index is 1.25. The largest absolute Gasteiger partial charge is 0.463 e. The van der Waals surface area contributed by atoms with E-state index in [1.807, 2.05) is 0 Å². The molecule has 0 bridgehead atoms. The van der Waals surface area contributed by atoms with E-state index in [1.54, 1.807) is 0 Å². The van der Waals surface area contributed by atoms with E-state index in [1.165, 1.54) is 128 Å². The van der Waals surface area contributed by atoms with Crippen LogP contribution in [0.4, 0.5) is 0 Å². The van der Waals surface area contributed by atoms with Gasteiger partial charge >= 0.3 is 11.9 Å². The smallest absolute Gasteiger partial charge is 0.305 e. The summed E-state index contributed by atoms with van der Waals surface area (Å²) in [4.78, 5) is 24.0. The van der Waals surface area contributed by atoms with E-state index in [0.717, 1.165) is 80.3 Å². The van der Waals surface area contributed by atoms with Gasteiger partial charge in [-0.25, -0.2) is 0 Å². The van der Waals surface area contributed by atoms with E-state index in [0.29, 0.717) is 26.1 Å². The molecule has 4 aliphatic rings. The average Bonchev–Trinajstić information content (AvgIpc) is 3.96. The van der Waals surface area contributed by atoms with Crippen molar-refractivity contribution in [2.75, 3.05) is 26.4 Å². The molecule has 6 nitrogen and oxygen atoms in total. The van der Waals surface area contributed by atoms with Crippen molar-refractivity contribution < 1.29 is 28.5 Å². The van der Waals surface area contributed by atoms with Gasteiger partial charge in [-0.15, -0.1) is 0 Å². The van der Waals surface area contributed by atoms with Gasteiger partial charge in [-0.05, 0) is 86.4 Å². The van der Waals surface area contributed by atoms with Crippen molar-refractivity contribution in [1.82, 2.24) is 0 Å². The first-order valence-corrected chi connectivity index (χ1v) is 22.0. The molecule has 4 rings (SSSR count). The van der Waals surface area contributed by atoms with Gasteiger partial charge in [0.25, 0.3) is 0 Å². The maximum absolute atomic E-state index is 12.0. The normalized spacial score (nSPS) is 28.5. The van der Waals surface area contributed by atoms with Crippen LogP contribution < -0.4 is 0 Å². The minimum atomic E-state index is -0.0535. The highest BCUT2D eigenvalue weighted by atomic mass is 16.6. The van der Waals surface area contributed by atoms with Crippen LogP contribution in [0.25, 0.3) is 0 Å². The number of carbonyl (C=O) groups is 2. The molecule has 4 fully saturated rings. The number of unbranched alkanes of at least 4 members (excludes halogenated alkanes) is 13. The second-order valence-corrected chi connectivity index (χ2v) is 17.1. The molecule has 2 aliphatic heterocycles. The molecule has 0 aromatic heterocycles. The molecule has 0 aromatic carbocycles. The first kappa shape index (κ1) is 41.6. The molecule has 2 saturated heterocycles. The van der Waals surface area contributed by atoms with E-state index >= 15 is 0 Å². The molecule has 9 atom stereocenters. The molecule has 0 N–H and O–H groups in total. The second-order valence-electron chi connectivity index (χ2n) is 17.1. The van der Waals surface area contributed by atoms with E-state index in [-0.39, 0.29) is 24.1 Å². The first-order chi connectivity index (χ1) is 24.5. The van der Waals surface area contributed by atoms with Gasteiger partial charge in [0.15, 0.2) is 0 Å². The summed E-state index contributed by atoms with van der Waals surface area (Å²) in [5, 5.41) is 0. The quantitative estimate of drug-likeness (QED) is 0.0394. The van der Waals surface area contributed by atoms with E-state index in [9.17, 15) is 9.59 Å². The van der Waals surface area contributed by atoms with Gasteiger partial charge < -0.3 is 18.9 Å². The summed E-state index contributed by atoms with van der Waals surface area (Å²) >= 11 is 0. The average molecular weight is 703 g/mol. The third-order valence-corrected chi connectivity index (χ3v) is 12.8. The van der Waals surface area contributed by atoms with Crippen LogP contribution in [0.2, 0.25) is 0 Å². The molecule has 0 spiro atoms. The fraction of sp³-hybridized carbons (Fsp3) is 0.955. The van der Waals surface area contributed by atoms with Crippen LogP contribution in [-0.4, -0.2) is 50.6 Å². The first-order valence-electron chi connectivity index (χ1n) is 22.0. The summed E-state index contributed by atoms with van der Waals surface area (Å²) in [6.45, 7) is 9.58. The Morgan fingerprint density at radius 1 is 0.540 bits per heavy atom. The highest BCUT2D eigenvalue weighted by Crippen LogP contribution is 2.64. The summed E-state index contributed by atoms with van der Waals surface area (Å²) < 4.78 is 20.9. The van der Waals surface area contributed by atoms with Crippen LogP contribution in [0.3, 0.4) is 0 Å². The summed E-state index contributed by atoms with van der Waals surface area (Å²) in [6.07, 6.45) is 33.3. The van der Waals surface area contributed by atoms with Crippen LogP contribution in [-0.2, 0) is 28.5 Å². The predicted octanol–water partition coefficient (Wildman–Crippen LogP) is 11.4. The van der Waals surface area contributed by atoms with Gasteiger partial charge in [0.05, 0.1) is 13.2 Å². The fourth-order valence-electron chi connectivity index (χ4n) is 9.58. The Morgan fingerprint density at radius 3 is 1.46 bits per heavy atom. The monoisotopic (exact) mass is 703 g/mol. The maximum Gasteiger partial charge on any atom is 0.305 e. The van der Waals surface area contributed by atoms with Crippen molar-refractivity contribution in [1.29, 1.82) is 0 Å². The number of ether oxygens (including phenoxy) is 4. The summed E-state index contributed by atoms with van der Waals surface area (Å²) in [5.41, 5.74) is 0. The van der Waals surface area contributed by atoms with Gasteiger partial charge in [-0.3, -0.25) is 9.59 Å². The van der Waals surface area contributed by atoms with Gasteiger partial charge in [0, 0.05) is 12.8 Å². The molecule has 50 heavy (non-hydrogen) atoms. The van der Waals surface area contributed by atoms with Crippen molar-refractivity contribution in [3.8, 4) is 0 Å². The third-order valence-electron chi connectivity index (χ3n) is 12.8. The number of carbonyl (C=O) groups excluding carboxylic acids is 2. The lowest BCUT2D eigenvalue weighted by Crippen LogP contribution is -2.37. The number of fused-ring (bicyclic) bond motifs is 1. The molecule has 290 valence electrons. The van der Waals surface area contributed by atoms with E-state index < -0.39 is 0 Å². The van der Waals surface area contributed by atoms with Crippen molar-refractivity contribution in [3.63, 3.8) is 0 Å². The number of rotatable bonds is 32. The SMILES string of the molecule is CCCCCCC1C(CCC(C)CCCCC)C(CCCCCCCC(=O)OCC2CO2)C(CCCCCCCC(=O)OCC2CO2)C2CC12. The topological polar surface area (TPSA) is 77.7 Å². The van der Waals surface area contributed by atoms with Crippen LogP contribution in [0.5, 0.6) is 0 Å².